The Bertz CT molecular complexity index is 650. The Morgan fingerprint density at radius 3 is 2.48 bits per heavy atom. The molecular weight excluding hydrogens is 322 g/mol. The van der Waals surface area contributed by atoms with E-state index in [9.17, 15) is 14.9 Å². The Morgan fingerprint density at radius 2 is 1.96 bits per heavy atom. The number of carbonyl (C=O) groups excluding carboxylic acids is 1. The molecular formula is C18H27N3O4. The summed E-state index contributed by atoms with van der Waals surface area (Å²) < 4.78 is 5.78. The number of morpholine rings is 1. The molecule has 25 heavy (non-hydrogen) atoms. The van der Waals surface area contributed by atoms with E-state index in [1.54, 1.807) is 12.1 Å². The fourth-order valence-corrected chi connectivity index (χ4v) is 3.15. The molecule has 2 atom stereocenters. The van der Waals surface area contributed by atoms with Crippen molar-refractivity contribution in [3.8, 4) is 0 Å². The molecule has 1 aromatic carbocycles. The Morgan fingerprint density at radius 1 is 1.36 bits per heavy atom. The number of hydrogen-bond acceptors (Lipinski definition) is 6. The molecule has 1 aliphatic rings. The summed E-state index contributed by atoms with van der Waals surface area (Å²) in [4.78, 5) is 24.7. The maximum absolute atomic E-state index is 11.5. The minimum absolute atomic E-state index is 0.0767. The monoisotopic (exact) mass is 349 g/mol. The van der Waals surface area contributed by atoms with Crippen LogP contribution in [0.4, 0.5) is 11.4 Å². The lowest BCUT2D eigenvalue weighted by molar-refractivity contribution is -0.384. The van der Waals surface area contributed by atoms with Crippen LogP contribution in [0, 0.1) is 10.1 Å². The highest BCUT2D eigenvalue weighted by atomic mass is 16.6. The maximum Gasteiger partial charge on any atom is 0.293 e. The highest BCUT2D eigenvalue weighted by Gasteiger charge is 2.33. The summed E-state index contributed by atoms with van der Waals surface area (Å²) in [6.45, 7) is 11.9. The molecule has 2 rings (SSSR count). The van der Waals surface area contributed by atoms with Gasteiger partial charge in [-0.3, -0.25) is 19.8 Å². The van der Waals surface area contributed by atoms with Crippen LogP contribution in [0.5, 0.6) is 0 Å². The number of hydrogen-bond donors (Lipinski definition) is 1. The molecule has 138 valence electrons. The molecule has 7 nitrogen and oxygen atoms in total. The van der Waals surface area contributed by atoms with Gasteiger partial charge >= 0.3 is 0 Å². The van der Waals surface area contributed by atoms with E-state index < -0.39 is 4.92 Å². The smallest absolute Gasteiger partial charge is 0.293 e. The second kappa shape index (κ2) is 7.49. The van der Waals surface area contributed by atoms with Crippen LogP contribution in [0.1, 0.15) is 45.0 Å². The van der Waals surface area contributed by atoms with Gasteiger partial charge in [0.25, 0.3) is 5.69 Å². The van der Waals surface area contributed by atoms with Crippen LogP contribution in [0.2, 0.25) is 0 Å². The molecule has 7 heteroatoms. The third-order valence-electron chi connectivity index (χ3n) is 4.59. The third kappa shape index (κ3) is 4.76. The standard InChI is InChI=1S/C18H27N3O4/c1-12-9-20(10-13(2)25-12)18(4,5)11-19-16-7-6-15(14(3)22)8-17(16)21(23)24/h6-8,12-13,19H,9-11H2,1-5H3. The number of nitro groups is 1. The average molecular weight is 349 g/mol. The van der Waals surface area contributed by atoms with E-state index in [1.165, 1.54) is 13.0 Å². The lowest BCUT2D eigenvalue weighted by Crippen LogP contribution is -2.57. The van der Waals surface area contributed by atoms with E-state index in [0.717, 1.165) is 13.1 Å². The summed E-state index contributed by atoms with van der Waals surface area (Å²) >= 11 is 0. The molecule has 1 saturated heterocycles. The molecule has 0 saturated carbocycles. The second-order valence-corrected chi connectivity index (χ2v) is 7.37. The molecule has 1 heterocycles. The Hall–Kier alpha value is -1.99. The molecule has 1 fully saturated rings. The molecule has 0 amide bonds. The van der Waals surface area contributed by atoms with E-state index in [2.05, 4.69) is 37.9 Å². The topological polar surface area (TPSA) is 84.7 Å². The highest BCUT2D eigenvalue weighted by molar-refractivity contribution is 5.95. The van der Waals surface area contributed by atoms with Crippen molar-refractivity contribution in [1.82, 2.24) is 4.90 Å². The quantitative estimate of drug-likeness (QED) is 0.483. The summed E-state index contributed by atoms with van der Waals surface area (Å²) in [5, 5.41) is 14.5. The van der Waals surface area contributed by atoms with Crippen LogP contribution in [0.3, 0.4) is 0 Å². The lowest BCUT2D eigenvalue weighted by atomic mass is 9.99. The van der Waals surface area contributed by atoms with Crippen LogP contribution in [-0.2, 0) is 4.74 Å². The first-order valence-corrected chi connectivity index (χ1v) is 8.54. The molecule has 1 aromatic rings. The van der Waals surface area contributed by atoms with Crippen LogP contribution in [0.25, 0.3) is 0 Å². The number of benzene rings is 1. The van der Waals surface area contributed by atoms with E-state index in [4.69, 9.17) is 4.74 Å². The third-order valence-corrected chi connectivity index (χ3v) is 4.59. The predicted molar refractivity (Wildman–Crippen MR) is 97.3 cm³/mol. The molecule has 2 unspecified atom stereocenters. The molecule has 1 aliphatic heterocycles. The van der Waals surface area contributed by atoms with E-state index in [-0.39, 0.29) is 29.2 Å². The molecule has 0 spiro atoms. The normalized spacial score (nSPS) is 21.8. The SMILES string of the molecule is CC(=O)c1ccc(NCC(C)(C)N2CC(C)OC(C)C2)c([N+](=O)[O-])c1. The van der Waals surface area contributed by atoms with Gasteiger partial charge in [0.05, 0.1) is 17.1 Å². The number of rotatable bonds is 6. The number of anilines is 1. The van der Waals surface area contributed by atoms with Crippen molar-refractivity contribution in [3.05, 3.63) is 33.9 Å². The first kappa shape index (κ1) is 19.3. The number of Topliss-reactive ketones (excluding diaryl/α,β-unsaturated/α-hetero) is 1. The van der Waals surface area contributed by atoms with Crippen molar-refractivity contribution < 1.29 is 14.5 Å². The molecule has 0 radical (unpaired) electrons. The van der Waals surface area contributed by atoms with Crippen LogP contribution >= 0.6 is 0 Å². The van der Waals surface area contributed by atoms with Gasteiger partial charge < -0.3 is 10.1 Å². The summed E-state index contributed by atoms with van der Waals surface area (Å²) in [7, 11) is 0. The highest BCUT2D eigenvalue weighted by Crippen LogP contribution is 2.28. The maximum atomic E-state index is 11.5. The Labute approximate surface area is 148 Å². The molecule has 0 aliphatic carbocycles. The summed E-state index contributed by atoms with van der Waals surface area (Å²) in [5.74, 6) is -0.189. The lowest BCUT2D eigenvalue weighted by Gasteiger charge is -2.45. The van der Waals surface area contributed by atoms with Crippen molar-refractivity contribution >= 4 is 17.2 Å². The van der Waals surface area contributed by atoms with Gasteiger partial charge in [0, 0.05) is 36.8 Å². The van der Waals surface area contributed by atoms with Crippen molar-refractivity contribution in [1.29, 1.82) is 0 Å². The van der Waals surface area contributed by atoms with Crippen LogP contribution in [0.15, 0.2) is 18.2 Å². The van der Waals surface area contributed by atoms with Crippen molar-refractivity contribution in [2.45, 2.75) is 52.4 Å². The van der Waals surface area contributed by atoms with Crippen molar-refractivity contribution in [3.63, 3.8) is 0 Å². The van der Waals surface area contributed by atoms with E-state index in [1.807, 2.05) is 0 Å². The summed E-state index contributed by atoms with van der Waals surface area (Å²) in [6.07, 6.45) is 0.319. The van der Waals surface area contributed by atoms with Crippen molar-refractivity contribution in [2.75, 3.05) is 25.0 Å². The van der Waals surface area contributed by atoms with Crippen LogP contribution < -0.4 is 5.32 Å². The largest absolute Gasteiger partial charge is 0.378 e. The molecule has 0 bridgehead atoms. The Kier molecular flexibility index (Phi) is 5.80. The number of nitrogens with one attached hydrogen (secondary N) is 1. The zero-order valence-corrected chi connectivity index (χ0v) is 15.5. The van der Waals surface area contributed by atoms with Gasteiger partial charge in [-0.25, -0.2) is 0 Å². The fourth-order valence-electron chi connectivity index (χ4n) is 3.15. The fraction of sp³-hybridized carbons (Fsp3) is 0.611. The van der Waals surface area contributed by atoms with Gasteiger partial charge in [-0.15, -0.1) is 0 Å². The van der Waals surface area contributed by atoms with Gasteiger partial charge in [-0.2, -0.15) is 0 Å². The van der Waals surface area contributed by atoms with E-state index >= 15 is 0 Å². The molecule has 1 N–H and O–H groups in total. The number of ketones is 1. The van der Waals surface area contributed by atoms with Gasteiger partial charge in [-0.1, -0.05) is 0 Å². The number of nitrogens with zero attached hydrogens (tertiary/aromatic N) is 2. The average Bonchev–Trinajstić information content (AvgIpc) is 2.51. The Balaban J connectivity index is 2.14. The second-order valence-electron chi connectivity index (χ2n) is 7.37. The summed E-state index contributed by atoms with van der Waals surface area (Å²) in [6, 6.07) is 4.55. The van der Waals surface area contributed by atoms with Crippen LogP contribution in [-0.4, -0.2) is 53.0 Å². The first-order valence-electron chi connectivity index (χ1n) is 8.54. The minimum atomic E-state index is -0.458. The zero-order valence-electron chi connectivity index (χ0n) is 15.5. The molecule has 0 aromatic heterocycles. The number of nitro benzene ring substituents is 1. The van der Waals surface area contributed by atoms with Gasteiger partial charge in [0.1, 0.15) is 5.69 Å². The van der Waals surface area contributed by atoms with Crippen molar-refractivity contribution in [2.24, 2.45) is 0 Å². The van der Waals surface area contributed by atoms with Gasteiger partial charge in [0.2, 0.25) is 0 Å². The zero-order chi connectivity index (χ0) is 18.8. The minimum Gasteiger partial charge on any atom is -0.378 e. The number of carbonyl (C=O) groups is 1. The van der Waals surface area contributed by atoms with Gasteiger partial charge in [-0.05, 0) is 46.8 Å². The van der Waals surface area contributed by atoms with Gasteiger partial charge in [0.15, 0.2) is 5.78 Å². The number of ether oxygens (including phenoxy) is 1. The predicted octanol–water partition coefficient (Wildman–Crippen LogP) is 3.10. The van der Waals surface area contributed by atoms with E-state index in [0.29, 0.717) is 17.8 Å². The first-order chi connectivity index (χ1) is 11.6. The summed E-state index contributed by atoms with van der Waals surface area (Å²) in [5.41, 5.74) is 0.497.